The van der Waals surface area contributed by atoms with Crippen LogP contribution in [0.1, 0.15) is 17.0 Å². The molecule has 0 radical (unpaired) electrons. The molecule has 0 aliphatic carbocycles. The summed E-state index contributed by atoms with van der Waals surface area (Å²) in [6.45, 7) is 1.70. The van der Waals surface area contributed by atoms with Crippen LogP contribution in [0.4, 0.5) is 27.5 Å². The minimum Gasteiger partial charge on any atom is -0.348 e. The molecule has 2 heterocycles. The highest BCUT2D eigenvalue weighted by atomic mass is 35.5. The van der Waals surface area contributed by atoms with E-state index in [-0.39, 0.29) is 41.5 Å². The largest absolute Gasteiger partial charge is 0.348 e. The van der Waals surface area contributed by atoms with E-state index in [1.165, 1.54) is 13.1 Å². The molecule has 0 bridgehead atoms. The molecule has 0 saturated heterocycles. The van der Waals surface area contributed by atoms with E-state index >= 15 is 0 Å². The molecule has 0 amide bonds. The Balaban J connectivity index is 0.00000216. The van der Waals surface area contributed by atoms with Gasteiger partial charge in [0.2, 0.25) is 16.0 Å². The van der Waals surface area contributed by atoms with Gasteiger partial charge in [-0.1, -0.05) is 18.2 Å². The van der Waals surface area contributed by atoms with E-state index in [1.54, 1.807) is 31.5 Å². The number of aryl methyl sites for hydroxylation is 1. The third-order valence-electron chi connectivity index (χ3n) is 4.89. The van der Waals surface area contributed by atoms with Crippen molar-refractivity contribution in [1.29, 1.82) is 0 Å². The molecule has 0 spiro atoms. The molecule has 186 valence electrons. The smallest absolute Gasteiger partial charge is 0.240 e. The Labute approximate surface area is 214 Å². The van der Waals surface area contributed by atoms with Gasteiger partial charge in [-0.05, 0) is 49.4 Å². The molecular weight excluding hydrogens is 516 g/mol. The molecular formula is C22H24Cl2FN7O2S. The minimum absolute atomic E-state index is 0. The Hall–Kier alpha value is -3.25. The molecule has 0 unspecified atom stereocenters. The van der Waals surface area contributed by atoms with E-state index < -0.39 is 15.8 Å². The van der Waals surface area contributed by atoms with Gasteiger partial charge in [-0.25, -0.2) is 27.5 Å². The average Bonchev–Trinajstić information content (AvgIpc) is 3.31. The third kappa shape index (κ3) is 6.89. The SMILES string of the molecule is CNS(=O)(=O)c1cc(Nc2ncc(F)c(Nc3ccc(Cc4ncc[nH]4)cc3)n2)ccc1C.Cl.Cl. The van der Waals surface area contributed by atoms with E-state index in [9.17, 15) is 12.8 Å². The van der Waals surface area contributed by atoms with Gasteiger partial charge in [0.05, 0.1) is 11.1 Å². The molecule has 0 aliphatic heterocycles. The summed E-state index contributed by atoms with van der Waals surface area (Å²) < 4.78 is 41.0. The first-order valence-electron chi connectivity index (χ1n) is 10.0. The fraction of sp³-hybridized carbons (Fsp3) is 0.136. The average molecular weight is 540 g/mol. The predicted molar refractivity (Wildman–Crippen MR) is 138 cm³/mol. The Morgan fingerprint density at radius 2 is 1.71 bits per heavy atom. The lowest BCUT2D eigenvalue weighted by Gasteiger charge is -2.12. The second kappa shape index (κ2) is 11.9. The zero-order chi connectivity index (χ0) is 23.4. The molecule has 35 heavy (non-hydrogen) atoms. The molecule has 4 aromatic rings. The molecule has 0 fully saturated rings. The van der Waals surface area contributed by atoms with Crippen molar-refractivity contribution in [3.05, 3.63) is 83.8 Å². The van der Waals surface area contributed by atoms with Crippen molar-refractivity contribution in [3.8, 4) is 0 Å². The van der Waals surface area contributed by atoms with Crippen LogP contribution in [0.15, 0.2) is 66.0 Å². The quantitative estimate of drug-likeness (QED) is 0.260. The monoisotopic (exact) mass is 539 g/mol. The van der Waals surface area contributed by atoms with Crippen LogP contribution in [-0.2, 0) is 16.4 Å². The maximum absolute atomic E-state index is 14.3. The number of halogens is 3. The summed E-state index contributed by atoms with van der Waals surface area (Å²) in [4.78, 5) is 15.5. The fourth-order valence-corrected chi connectivity index (χ4v) is 4.15. The molecule has 9 nitrogen and oxygen atoms in total. The van der Waals surface area contributed by atoms with Gasteiger partial charge in [0.15, 0.2) is 11.6 Å². The first-order valence-corrected chi connectivity index (χ1v) is 11.5. The molecule has 13 heteroatoms. The van der Waals surface area contributed by atoms with E-state index in [4.69, 9.17) is 0 Å². The van der Waals surface area contributed by atoms with Crippen LogP contribution in [0.3, 0.4) is 0 Å². The Kier molecular flexibility index (Phi) is 9.55. The van der Waals surface area contributed by atoms with Gasteiger partial charge >= 0.3 is 0 Å². The maximum atomic E-state index is 14.3. The van der Waals surface area contributed by atoms with Gasteiger partial charge in [0.25, 0.3) is 0 Å². The maximum Gasteiger partial charge on any atom is 0.240 e. The van der Waals surface area contributed by atoms with E-state index in [2.05, 4.69) is 35.3 Å². The van der Waals surface area contributed by atoms with Crippen LogP contribution in [-0.4, -0.2) is 35.4 Å². The van der Waals surface area contributed by atoms with E-state index in [0.29, 0.717) is 23.4 Å². The number of aromatic amines is 1. The minimum atomic E-state index is -3.63. The molecule has 0 saturated carbocycles. The van der Waals surface area contributed by atoms with Gasteiger partial charge < -0.3 is 15.6 Å². The normalized spacial score (nSPS) is 10.7. The van der Waals surface area contributed by atoms with Crippen molar-refractivity contribution in [2.75, 3.05) is 17.7 Å². The highest BCUT2D eigenvalue weighted by Crippen LogP contribution is 2.24. The van der Waals surface area contributed by atoms with Crippen molar-refractivity contribution < 1.29 is 12.8 Å². The summed E-state index contributed by atoms with van der Waals surface area (Å²) >= 11 is 0. The van der Waals surface area contributed by atoms with Gasteiger partial charge in [-0.2, -0.15) is 4.98 Å². The highest BCUT2D eigenvalue weighted by Gasteiger charge is 2.16. The standard InChI is InChI=1S/C22H22FN7O2S.2ClH/c1-14-3-6-17(12-19(14)33(31,32)24-2)29-22-27-13-18(23)21(30-22)28-16-7-4-15(5-8-16)11-20-25-9-10-26-20;;/h3-10,12-13,24H,11H2,1-2H3,(H,25,26)(H2,27,28,29,30);2*1H. The lowest BCUT2D eigenvalue weighted by molar-refractivity contribution is 0.587. The summed E-state index contributed by atoms with van der Waals surface area (Å²) in [6.07, 6.45) is 5.17. The number of imidazole rings is 1. The Morgan fingerprint density at radius 3 is 2.37 bits per heavy atom. The number of H-pyrrole nitrogens is 1. The first kappa shape index (κ1) is 28.0. The summed E-state index contributed by atoms with van der Waals surface area (Å²) in [5, 5.41) is 5.87. The van der Waals surface area contributed by atoms with E-state index in [1.807, 2.05) is 24.3 Å². The molecule has 4 rings (SSSR count). The summed E-state index contributed by atoms with van der Waals surface area (Å²) in [5.41, 5.74) is 2.74. The summed E-state index contributed by atoms with van der Waals surface area (Å²) in [6, 6.07) is 12.3. The van der Waals surface area contributed by atoms with E-state index in [0.717, 1.165) is 17.6 Å². The number of benzene rings is 2. The highest BCUT2D eigenvalue weighted by molar-refractivity contribution is 7.89. The van der Waals surface area contributed by atoms with Crippen LogP contribution in [0.2, 0.25) is 0 Å². The van der Waals surface area contributed by atoms with Gasteiger partial charge in [0.1, 0.15) is 5.82 Å². The van der Waals surface area contributed by atoms with Crippen LogP contribution in [0.25, 0.3) is 0 Å². The van der Waals surface area contributed by atoms with Crippen molar-refractivity contribution in [2.45, 2.75) is 18.2 Å². The molecule has 2 aromatic heterocycles. The summed E-state index contributed by atoms with van der Waals surface area (Å²) in [5.74, 6) is 0.337. The lowest BCUT2D eigenvalue weighted by atomic mass is 10.1. The van der Waals surface area contributed by atoms with Crippen molar-refractivity contribution in [3.63, 3.8) is 0 Å². The topological polar surface area (TPSA) is 125 Å². The predicted octanol–water partition coefficient (Wildman–Crippen LogP) is 4.48. The van der Waals surface area contributed by atoms with Crippen LogP contribution >= 0.6 is 24.8 Å². The zero-order valence-electron chi connectivity index (χ0n) is 18.7. The van der Waals surface area contributed by atoms with Crippen LogP contribution in [0, 0.1) is 12.7 Å². The lowest BCUT2D eigenvalue weighted by Crippen LogP contribution is -2.19. The molecule has 4 N–H and O–H groups in total. The number of anilines is 4. The van der Waals surface area contributed by atoms with Crippen molar-refractivity contribution in [1.82, 2.24) is 24.7 Å². The van der Waals surface area contributed by atoms with Crippen molar-refractivity contribution in [2.24, 2.45) is 0 Å². The summed E-state index contributed by atoms with van der Waals surface area (Å²) in [7, 11) is -2.28. The number of rotatable bonds is 8. The number of nitrogens with zero attached hydrogens (tertiary/aromatic N) is 3. The number of nitrogens with one attached hydrogen (secondary N) is 4. The van der Waals surface area contributed by atoms with Crippen LogP contribution in [0.5, 0.6) is 0 Å². The molecule has 0 aliphatic rings. The van der Waals surface area contributed by atoms with Gasteiger partial charge in [0, 0.05) is 30.2 Å². The van der Waals surface area contributed by atoms with Gasteiger partial charge in [-0.3, -0.25) is 0 Å². The van der Waals surface area contributed by atoms with Crippen molar-refractivity contribution >= 4 is 58.0 Å². The first-order chi connectivity index (χ1) is 15.8. The molecule has 0 atom stereocenters. The second-order valence-corrected chi connectivity index (χ2v) is 9.09. The number of hydrogen-bond donors (Lipinski definition) is 4. The number of aromatic nitrogens is 4. The van der Waals surface area contributed by atoms with Gasteiger partial charge in [-0.15, -0.1) is 24.8 Å². The zero-order valence-corrected chi connectivity index (χ0v) is 21.2. The number of sulfonamides is 1. The Morgan fingerprint density at radius 1 is 1.00 bits per heavy atom. The molecule has 2 aromatic carbocycles. The fourth-order valence-electron chi connectivity index (χ4n) is 3.15. The number of hydrogen-bond acceptors (Lipinski definition) is 7. The second-order valence-electron chi connectivity index (χ2n) is 7.24. The van der Waals surface area contributed by atoms with Crippen LogP contribution < -0.4 is 15.4 Å². The Bertz CT molecular complexity index is 1370. The third-order valence-corrected chi connectivity index (χ3v) is 6.45.